The molecule has 0 saturated carbocycles. The molecule has 3 nitrogen and oxygen atoms in total. The van der Waals surface area contributed by atoms with Crippen molar-refractivity contribution in [3.63, 3.8) is 0 Å². The number of rotatable bonds is 4. The Hall–Kier alpha value is -1.04. The number of anilines is 1. The van der Waals surface area contributed by atoms with Crippen molar-refractivity contribution in [2.75, 3.05) is 12.4 Å². The molecule has 0 heterocycles. The summed E-state index contributed by atoms with van der Waals surface area (Å²) >= 11 is 12.5. The lowest BCUT2D eigenvalue weighted by Crippen LogP contribution is -2.12. The highest BCUT2D eigenvalue weighted by atomic mass is 79.9. The maximum atomic E-state index is 12.2. The van der Waals surface area contributed by atoms with E-state index in [4.69, 9.17) is 16.3 Å². The molecule has 21 heavy (non-hydrogen) atoms. The van der Waals surface area contributed by atoms with Crippen molar-refractivity contribution in [3.8, 4) is 5.75 Å². The second kappa shape index (κ2) is 7.29. The first-order chi connectivity index (χ1) is 10.0. The minimum Gasteiger partial charge on any atom is -0.495 e. The van der Waals surface area contributed by atoms with E-state index in [-0.39, 0.29) is 5.91 Å². The number of carbonyl (C=O) groups excluding carboxylic acids is 1. The number of halogens is 3. The summed E-state index contributed by atoms with van der Waals surface area (Å²) in [4.78, 5) is 12.2. The molecule has 2 aromatic rings. The maximum Gasteiger partial charge on any atom is 0.255 e. The molecule has 0 bridgehead atoms. The van der Waals surface area contributed by atoms with Crippen LogP contribution in [0.1, 0.15) is 15.9 Å². The topological polar surface area (TPSA) is 38.3 Å². The van der Waals surface area contributed by atoms with E-state index in [0.29, 0.717) is 22.9 Å². The lowest BCUT2D eigenvalue weighted by Gasteiger charge is -2.11. The van der Waals surface area contributed by atoms with Gasteiger partial charge in [0.05, 0.1) is 17.3 Å². The maximum absolute atomic E-state index is 12.2. The number of hydrogen-bond acceptors (Lipinski definition) is 2. The van der Waals surface area contributed by atoms with Gasteiger partial charge in [0.1, 0.15) is 5.75 Å². The first kappa shape index (κ1) is 16.3. The molecule has 0 aliphatic rings. The largest absolute Gasteiger partial charge is 0.495 e. The highest BCUT2D eigenvalue weighted by molar-refractivity contribution is 9.11. The average Bonchev–Trinajstić information content (AvgIpc) is 2.50. The molecule has 6 heteroatoms. The number of nitrogens with one attached hydrogen (secondary N) is 1. The van der Waals surface area contributed by atoms with Gasteiger partial charge in [0.2, 0.25) is 0 Å². The second-order valence-corrected chi connectivity index (χ2v) is 6.23. The van der Waals surface area contributed by atoms with Gasteiger partial charge in [-0.2, -0.15) is 0 Å². The summed E-state index contributed by atoms with van der Waals surface area (Å²) in [5.74, 6) is 0.879. The van der Waals surface area contributed by atoms with Gasteiger partial charge in [-0.15, -0.1) is 11.6 Å². The number of hydrogen-bond donors (Lipinski definition) is 1. The standard InChI is InChI=1S/C15H12Br2ClNO2/c1-21-14-7-13(11(16)6-12(14)17)19-15(20)10-4-2-9(8-18)3-5-10/h2-7H,8H2,1H3,(H,19,20). The lowest BCUT2D eigenvalue weighted by molar-refractivity contribution is 0.102. The Morgan fingerprint density at radius 3 is 2.43 bits per heavy atom. The number of alkyl halides is 1. The summed E-state index contributed by atoms with van der Waals surface area (Å²) < 4.78 is 6.80. The van der Waals surface area contributed by atoms with Crippen molar-refractivity contribution in [2.45, 2.75) is 5.88 Å². The fourth-order valence-corrected chi connectivity index (χ4v) is 3.15. The molecule has 0 atom stereocenters. The number of carbonyl (C=O) groups is 1. The smallest absolute Gasteiger partial charge is 0.255 e. The van der Waals surface area contributed by atoms with Gasteiger partial charge in [-0.05, 0) is 55.6 Å². The van der Waals surface area contributed by atoms with Crippen LogP contribution in [-0.2, 0) is 5.88 Å². The number of benzene rings is 2. The van der Waals surface area contributed by atoms with Gasteiger partial charge in [-0.25, -0.2) is 0 Å². The fraction of sp³-hybridized carbons (Fsp3) is 0.133. The van der Waals surface area contributed by atoms with Crippen molar-refractivity contribution in [1.29, 1.82) is 0 Å². The van der Waals surface area contributed by atoms with Gasteiger partial charge in [0, 0.05) is 22.0 Å². The van der Waals surface area contributed by atoms with Crippen molar-refractivity contribution in [1.82, 2.24) is 0 Å². The van der Waals surface area contributed by atoms with Crippen LogP contribution in [0.2, 0.25) is 0 Å². The Morgan fingerprint density at radius 2 is 1.86 bits per heavy atom. The zero-order valence-electron chi connectivity index (χ0n) is 11.1. The van der Waals surface area contributed by atoms with Crippen molar-refractivity contribution >= 4 is 55.1 Å². The molecule has 1 N–H and O–H groups in total. The molecular formula is C15H12Br2ClNO2. The predicted molar refractivity (Wildman–Crippen MR) is 92.3 cm³/mol. The SMILES string of the molecule is COc1cc(NC(=O)c2ccc(CCl)cc2)c(Br)cc1Br. The summed E-state index contributed by atoms with van der Waals surface area (Å²) in [5, 5.41) is 2.85. The molecule has 0 fully saturated rings. The van der Waals surface area contributed by atoms with Crippen LogP contribution in [0, 0.1) is 0 Å². The van der Waals surface area contributed by atoms with Crippen LogP contribution in [0.25, 0.3) is 0 Å². The Labute approximate surface area is 144 Å². The van der Waals surface area contributed by atoms with Crippen LogP contribution in [0.15, 0.2) is 45.3 Å². The summed E-state index contributed by atoms with van der Waals surface area (Å²) in [7, 11) is 1.57. The minimum atomic E-state index is -0.193. The summed E-state index contributed by atoms with van der Waals surface area (Å²) in [6.45, 7) is 0. The number of amides is 1. The first-order valence-electron chi connectivity index (χ1n) is 6.04. The highest BCUT2D eigenvalue weighted by Crippen LogP contribution is 2.34. The third kappa shape index (κ3) is 3.99. The van der Waals surface area contributed by atoms with Crippen LogP contribution in [0.3, 0.4) is 0 Å². The van der Waals surface area contributed by atoms with Gasteiger partial charge >= 0.3 is 0 Å². The third-order valence-electron chi connectivity index (χ3n) is 2.86. The van der Waals surface area contributed by atoms with E-state index in [9.17, 15) is 4.79 Å². The Bertz CT molecular complexity index is 659. The third-order valence-corrected chi connectivity index (χ3v) is 4.44. The van der Waals surface area contributed by atoms with Gasteiger partial charge in [0.15, 0.2) is 0 Å². The highest BCUT2D eigenvalue weighted by Gasteiger charge is 2.11. The van der Waals surface area contributed by atoms with Crippen molar-refractivity contribution in [2.24, 2.45) is 0 Å². The van der Waals surface area contributed by atoms with E-state index in [1.807, 2.05) is 18.2 Å². The minimum absolute atomic E-state index is 0.193. The van der Waals surface area contributed by atoms with Crippen molar-refractivity contribution < 1.29 is 9.53 Å². The van der Waals surface area contributed by atoms with Crippen LogP contribution >= 0.6 is 43.5 Å². The zero-order chi connectivity index (χ0) is 15.4. The van der Waals surface area contributed by atoms with E-state index in [2.05, 4.69) is 37.2 Å². The quantitative estimate of drug-likeness (QED) is 0.672. The summed E-state index contributed by atoms with van der Waals surface area (Å²) in [6.07, 6.45) is 0. The summed E-state index contributed by atoms with van der Waals surface area (Å²) in [5.41, 5.74) is 2.18. The van der Waals surface area contributed by atoms with Gasteiger partial charge in [-0.3, -0.25) is 4.79 Å². The summed E-state index contributed by atoms with van der Waals surface area (Å²) in [6, 6.07) is 10.7. The Kier molecular flexibility index (Phi) is 5.67. The molecule has 0 aliphatic carbocycles. The predicted octanol–water partition coefficient (Wildman–Crippen LogP) is 5.21. The zero-order valence-corrected chi connectivity index (χ0v) is 15.0. The molecule has 0 aliphatic heterocycles. The van der Waals surface area contributed by atoms with E-state index in [1.54, 1.807) is 25.3 Å². The monoisotopic (exact) mass is 431 g/mol. The van der Waals surface area contributed by atoms with E-state index >= 15 is 0 Å². The van der Waals surface area contributed by atoms with E-state index in [0.717, 1.165) is 14.5 Å². The molecule has 2 aromatic carbocycles. The van der Waals surface area contributed by atoms with Crippen LogP contribution < -0.4 is 10.1 Å². The van der Waals surface area contributed by atoms with Gasteiger partial charge in [0.25, 0.3) is 5.91 Å². The Balaban J connectivity index is 2.22. The average molecular weight is 434 g/mol. The number of methoxy groups -OCH3 is 1. The molecule has 2 rings (SSSR count). The molecule has 0 unspecified atom stereocenters. The van der Waals surface area contributed by atoms with E-state index in [1.165, 1.54) is 0 Å². The van der Waals surface area contributed by atoms with E-state index < -0.39 is 0 Å². The van der Waals surface area contributed by atoms with Crippen LogP contribution in [0.4, 0.5) is 5.69 Å². The fourth-order valence-electron chi connectivity index (χ4n) is 1.72. The number of ether oxygens (including phenoxy) is 1. The van der Waals surface area contributed by atoms with Gasteiger partial charge < -0.3 is 10.1 Å². The first-order valence-corrected chi connectivity index (χ1v) is 8.16. The normalized spacial score (nSPS) is 10.3. The molecule has 0 aromatic heterocycles. The van der Waals surface area contributed by atoms with Crippen LogP contribution in [0.5, 0.6) is 5.75 Å². The Morgan fingerprint density at radius 1 is 1.19 bits per heavy atom. The van der Waals surface area contributed by atoms with Crippen LogP contribution in [-0.4, -0.2) is 13.0 Å². The van der Waals surface area contributed by atoms with Crippen molar-refractivity contribution in [3.05, 3.63) is 56.5 Å². The molecule has 0 spiro atoms. The molecule has 1 amide bonds. The lowest BCUT2D eigenvalue weighted by atomic mass is 10.1. The van der Waals surface area contributed by atoms with Gasteiger partial charge in [-0.1, -0.05) is 12.1 Å². The molecule has 0 radical (unpaired) electrons. The molecule has 110 valence electrons. The molecular weight excluding hydrogens is 421 g/mol. The second-order valence-electron chi connectivity index (χ2n) is 4.25. The molecule has 0 saturated heterocycles.